The molecule has 3 aliphatic carbocycles. The van der Waals surface area contributed by atoms with Crippen LogP contribution < -0.4 is 4.90 Å². The fourth-order valence-corrected chi connectivity index (χ4v) is 12.0. The van der Waals surface area contributed by atoms with E-state index >= 15 is 0 Å². The molecule has 2 fully saturated rings. The van der Waals surface area contributed by atoms with Crippen LogP contribution in [0.3, 0.4) is 0 Å². The zero-order valence-corrected chi connectivity index (χ0v) is 34.0. The van der Waals surface area contributed by atoms with Crippen LogP contribution in [0, 0.1) is 11.8 Å². The molecule has 2 nitrogen and oxygen atoms in total. The van der Waals surface area contributed by atoms with Crippen LogP contribution >= 0.6 is 0 Å². The minimum atomic E-state index is 0.195. The largest absolute Gasteiger partial charge is 0.310 e. The number of anilines is 3. The van der Waals surface area contributed by atoms with Crippen LogP contribution in [0.1, 0.15) is 36.8 Å². The molecule has 2 heteroatoms. The molecule has 1 spiro atoms. The Labute approximate surface area is 357 Å². The number of fused-ring (bicyclic) bond motifs is 12. The predicted octanol–water partition coefficient (Wildman–Crippen LogP) is 15.8. The zero-order chi connectivity index (χ0) is 40.1. The van der Waals surface area contributed by atoms with Crippen molar-refractivity contribution < 1.29 is 0 Å². The summed E-state index contributed by atoms with van der Waals surface area (Å²) in [5.74, 6) is 1.64. The molecule has 2 bridgehead atoms. The zero-order valence-electron chi connectivity index (χ0n) is 34.0. The first-order chi connectivity index (χ1) is 30.2. The Balaban J connectivity index is 0.883. The average Bonchev–Trinajstić information content (AvgIpc) is 4.10. The number of aromatic nitrogens is 1. The van der Waals surface area contributed by atoms with E-state index in [0.717, 1.165) is 28.9 Å². The molecule has 0 N–H and O–H groups in total. The number of nitrogens with zero attached hydrogens (tertiary/aromatic N) is 2. The normalized spacial score (nSPS) is 18.6. The third kappa shape index (κ3) is 5.21. The lowest BCUT2D eigenvalue weighted by Gasteiger charge is -2.36. The van der Waals surface area contributed by atoms with E-state index < -0.39 is 0 Å². The average molecular weight is 781 g/mol. The highest BCUT2D eigenvalue weighted by Crippen LogP contribution is 2.66. The minimum Gasteiger partial charge on any atom is -0.310 e. The fourth-order valence-electron chi connectivity index (χ4n) is 12.0. The Bertz CT molecular complexity index is 3320. The number of hydrogen-bond acceptors (Lipinski definition) is 1. The monoisotopic (exact) mass is 780 g/mol. The van der Waals surface area contributed by atoms with Crippen molar-refractivity contribution in [3.05, 3.63) is 217 Å². The van der Waals surface area contributed by atoms with Crippen molar-refractivity contribution in [2.75, 3.05) is 4.90 Å². The summed E-state index contributed by atoms with van der Waals surface area (Å²) < 4.78 is 2.38. The van der Waals surface area contributed by atoms with Gasteiger partial charge in [-0.05, 0) is 147 Å². The number of rotatable bonds is 6. The summed E-state index contributed by atoms with van der Waals surface area (Å²) >= 11 is 0. The van der Waals surface area contributed by atoms with Gasteiger partial charge in [0.1, 0.15) is 0 Å². The van der Waals surface area contributed by atoms with Gasteiger partial charge in [-0.15, -0.1) is 0 Å². The van der Waals surface area contributed by atoms with Crippen LogP contribution in [0.15, 0.2) is 206 Å². The predicted molar refractivity (Wildman–Crippen MR) is 256 cm³/mol. The molecular formula is C59H44N2. The maximum absolute atomic E-state index is 2.46. The number of hydrogen-bond donors (Lipinski definition) is 0. The van der Waals surface area contributed by atoms with E-state index in [1.54, 1.807) is 11.1 Å². The molecule has 290 valence electrons. The minimum absolute atomic E-state index is 0.195. The van der Waals surface area contributed by atoms with Gasteiger partial charge >= 0.3 is 0 Å². The molecule has 0 radical (unpaired) electrons. The highest BCUT2D eigenvalue weighted by atomic mass is 15.1. The van der Waals surface area contributed by atoms with Crippen molar-refractivity contribution in [2.45, 2.75) is 31.1 Å². The topological polar surface area (TPSA) is 8.17 Å². The summed E-state index contributed by atoms with van der Waals surface area (Å²) in [6.45, 7) is 0. The van der Waals surface area contributed by atoms with Crippen LogP contribution in [-0.4, -0.2) is 4.57 Å². The lowest BCUT2D eigenvalue weighted by Crippen LogP contribution is -2.31. The van der Waals surface area contributed by atoms with Crippen LogP contribution in [-0.2, 0) is 5.41 Å². The quantitative estimate of drug-likeness (QED) is 0.163. The summed E-state index contributed by atoms with van der Waals surface area (Å²) in [5.41, 5.74) is 18.3. The van der Waals surface area contributed by atoms with Gasteiger partial charge in [0.15, 0.2) is 0 Å². The molecule has 3 unspecified atom stereocenters. The molecule has 3 atom stereocenters. The second-order valence-electron chi connectivity index (χ2n) is 17.7. The molecule has 2 saturated carbocycles. The molecule has 0 amide bonds. The van der Waals surface area contributed by atoms with E-state index in [0.29, 0.717) is 0 Å². The fraction of sp³-hybridized carbons (Fsp3) is 0.119. The second kappa shape index (κ2) is 13.4. The lowest BCUT2D eigenvalue weighted by molar-refractivity contribution is 0.327. The van der Waals surface area contributed by atoms with E-state index in [2.05, 4.69) is 216 Å². The standard InChI is InChI=1S/C59H44N2/c1-2-13-46(14-3-1)61-56-20-9-7-15-51(56)53-37-49(33-34-57(53)61)60(48-32-28-40-11-4-5-12-44(40)36-48)47-30-26-42(27-31-47)41-22-24-43(25-23-41)50-17-10-19-55-58(50)52-16-6-8-18-54(52)59(55)38-39-21-29-45(59)35-39/h1-20,22-28,30-34,36-37,39,45H,21,29,35,38H2. The third-order valence-electron chi connectivity index (χ3n) is 14.6. The van der Waals surface area contributed by atoms with Crippen molar-refractivity contribution in [1.82, 2.24) is 4.57 Å². The molecule has 3 aliphatic rings. The number of benzene rings is 9. The Hall–Kier alpha value is -7.16. The lowest BCUT2D eigenvalue weighted by atomic mass is 9.66. The number of para-hydroxylation sites is 2. The Morgan fingerprint density at radius 3 is 1.90 bits per heavy atom. The molecule has 0 aliphatic heterocycles. The highest BCUT2D eigenvalue weighted by molar-refractivity contribution is 6.11. The second-order valence-corrected chi connectivity index (χ2v) is 17.7. The molecule has 13 rings (SSSR count). The summed E-state index contributed by atoms with van der Waals surface area (Å²) in [6, 6.07) is 76.8. The maximum atomic E-state index is 2.46. The molecule has 0 saturated heterocycles. The van der Waals surface area contributed by atoms with E-state index in [1.165, 1.54) is 97.3 Å². The Kier molecular flexibility index (Phi) is 7.63. The summed E-state index contributed by atoms with van der Waals surface area (Å²) in [4.78, 5) is 2.41. The Morgan fingerprint density at radius 2 is 1.08 bits per heavy atom. The van der Waals surface area contributed by atoms with Gasteiger partial charge in [0.25, 0.3) is 0 Å². The first-order valence-electron chi connectivity index (χ1n) is 22.0. The van der Waals surface area contributed by atoms with E-state index in [4.69, 9.17) is 0 Å². The van der Waals surface area contributed by atoms with Gasteiger partial charge in [-0.3, -0.25) is 0 Å². The third-order valence-corrected chi connectivity index (χ3v) is 14.6. The summed E-state index contributed by atoms with van der Waals surface area (Å²) in [7, 11) is 0. The smallest absolute Gasteiger partial charge is 0.0542 e. The van der Waals surface area contributed by atoms with Gasteiger partial charge in [-0.2, -0.15) is 0 Å². The summed E-state index contributed by atoms with van der Waals surface area (Å²) in [6.07, 6.45) is 5.47. The van der Waals surface area contributed by atoms with Gasteiger partial charge < -0.3 is 9.47 Å². The van der Waals surface area contributed by atoms with Crippen LogP contribution in [0.5, 0.6) is 0 Å². The van der Waals surface area contributed by atoms with Crippen molar-refractivity contribution in [2.24, 2.45) is 11.8 Å². The van der Waals surface area contributed by atoms with Gasteiger partial charge in [-0.1, -0.05) is 152 Å². The van der Waals surface area contributed by atoms with Crippen molar-refractivity contribution in [3.8, 4) is 39.1 Å². The molecule has 10 aromatic rings. The first kappa shape index (κ1) is 34.7. The van der Waals surface area contributed by atoms with Gasteiger partial charge in [0.2, 0.25) is 0 Å². The van der Waals surface area contributed by atoms with Crippen LogP contribution in [0.25, 0.3) is 71.6 Å². The van der Waals surface area contributed by atoms with E-state index in [1.807, 2.05) is 0 Å². The van der Waals surface area contributed by atoms with Gasteiger partial charge in [0, 0.05) is 38.9 Å². The summed E-state index contributed by atoms with van der Waals surface area (Å²) in [5, 5.41) is 4.94. The molecule has 9 aromatic carbocycles. The van der Waals surface area contributed by atoms with Gasteiger partial charge in [-0.25, -0.2) is 0 Å². The van der Waals surface area contributed by atoms with Crippen LogP contribution in [0.2, 0.25) is 0 Å². The molecule has 1 aromatic heterocycles. The first-order valence-corrected chi connectivity index (χ1v) is 22.0. The maximum Gasteiger partial charge on any atom is 0.0542 e. The van der Waals surface area contributed by atoms with Gasteiger partial charge in [0.05, 0.1) is 11.0 Å². The molecular weight excluding hydrogens is 737 g/mol. The Morgan fingerprint density at radius 1 is 0.443 bits per heavy atom. The van der Waals surface area contributed by atoms with E-state index in [9.17, 15) is 0 Å². The van der Waals surface area contributed by atoms with E-state index in [-0.39, 0.29) is 5.41 Å². The van der Waals surface area contributed by atoms with Crippen LogP contribution in [0.4, 0.5) is 17.1 Å². The van der Waals surface area contributed by atoms with Crippen molar-refractivity contribution in [1.29, 1.82) is 0 Å². The molecule has 61 heavy (non-hydrogen) atoms. The molecule has 1 heterocycles. The van der Waals surface area contributed by atoms with Crippen molar-refractivity contribution >= 4 is 49.6 Å². The highest BCUT2D eigenvalue weighted by Gasteiger charge is 2.56. The SMILES string of the molecule is c1ccc(-n2c3ccccc3c3cc(N(c4ccc(-c5ccc(-c6cccc7c6-c6ccccc6C76CC7CCC6C7)cc5)cc4)c4ccc5ccccc5c4)ccc32)cc1. The van der Waals surface area contributed by atoms with Crippen molar-refractivity contribution in [3.63, 3.8) is 0 Å².